The Balaban J connectivity index is 1.39. The minimum Gasteiger partial charge on any atom is -0.862 e. The summed E-state index contributed by atoms with van der Waals surface area (Å²) in [5.41, 5.74) is 9.25. The molecule has 0 radical (unpaired) electrons. The fourth-order valence-electron chi connectivity index (χ4n) is 10.0. The number of carbonyl (C=O) groups excluding carboxylic acids is 5. The Morgan fingerprint density at radius 3 is 1.12 bits per heavy atom. The lowest BCUT2D eigenvalue weighted by Crippen LogP contribution is -2.19. The molecule has 3 aromatic heterocycles. The van der Waals surface area contributed by atoms with Crippen LogP contribution >= 0.6 is 0 Å². The van der Waals surface area contributed by atoms with Crippen molar-refractivity contribution in [3.05, 3.63) is 149 Å². The van der Waals surface area contributed by atoms with E-state index in [1.54, 1.807) is 76.2 Å². The average Bonchev–Trinajstić information content (AvgIpc) is 1.98. The molecule has 20 nitrogen and oxygen atoms in total. The van der Waals surface area contributed by atoms with Crippen LogP contribution in [0, 0.1) is 0 Å². The number of aliphatic imine (C=N–C) groups is 3. The van der Waals surface area contributed by atoms with Gasteiger partial charge >= 0.3 is 23.9 Å². The first-order valence-electron chi connectivity index (χ1n) is 28.9. The summed E-state index contributed by atoms with van der Waals surface area (Å²) in [4.78, 5) is 95.3. The first-order chi connectivity index (χ1) is 42.7. The highest BCUT2D eigenvalue weighted by Gasteiger charge is 2.23. The number of rotatable bonds is 24. The lowest BCUT2D eigenvalue weighted by atomic mass is 10.0. The van der Waals surface area contributed by atoms with Crippen molar-refractivity contribution in [1.82, 2.24) is 19.9 Å². The van der Waals surface area contributed by atoms with E-state index in [1.165, 1.54) is 0 Å². The SMILES string of the molecule is CCOC(=O)CCC(=O)[N-]c1ccccc1-c1c2nc(c(-c3ccccc3N=C(O)CCC(=O)OCC)c3ccc([nH]3)c(-c3ccccc3N=C(O)CCC(=O)OCC)c3nc(c(-c4ccccc4N=C([O-])CCC(=O)OCC)c4ccc1[nH]4)C=C3)C=C2. The van der Waals surface area contributed by atoms with E-state index in [9.17, 15) is 39.3 Å². The van der Waals surface area contributed by atoms with Crippen LogP contribution in [-0.4, -0.2) is 104 Å². The van der Waals surface area contributed by atoms with Crippen LogP contribution in [0.1, 0.15) is 102 Å². The van der Waals surface area contributed by atoms with Crippen molar-refractivity contribution < 1.29 is 58.2 Å². The Labute approximate surface area is 507 Å². The number of hydrogen-bond donors (Lipinski definition) is 4. The van der Waals surface area contributed by atoms with E-state index in [-0.39, 0.29) is 101 Å². The lowest BCUT2D eigenvalue weighted by molar-refractivity contribution is -0.219. The van der Waals surface area contributed by atoms with Gasteiger partial charge in [0.25, 0.3) is 0 Å². The Morgan fingerprint density at radius 1 is 0.420 bits per heavy atom. The summed E-state index contributed by atoms with van der Waals surface area (Å²) < 4.78 is 20.4. The summed E-state index contributed by atoms with van der Waals surface area (Å²) in [6.07, 6.45) is 6.20. The number of nitrogens with one attached hydrogen (secondary N) is 2. The van der Waals surface area contributed by atoms with Gasteiger partial charge in [0.1, 0.15) is 0 Å². The maximum atomic E-state index is 13.7. The number of nitrogens with zero attached hydrogens (tertiary/aromatic N) is 6. The zero-order valence-corrected chi connectivity index (χ0v) is 49.0. The fraction of sp³-hybridized carbons (Fsp3) is 0.235. The highest BCUT2D eigenvalue weighted by Crippen LogP contribution is 2.45. The number of esters is 4. The van der Waals surface area contributed by atoms with Gasteiger partial charge in [-0.25, -0.2) is 20.0 Å². The van der Waals surface area contributed by atoms with Crippen molar-refractivity contribution in [3.63, 3.8) is 0 Å². The van der Waals surface area contributed by atoms with Gasteiger partial charge in [-0.2, -0.15) is 0 Å². The summed E-state index contributed by atoms with van der Waals surface area (Å²) >= 11 is 0. The molecule has 2 aliphatic rings. The van der Waals surface area contributed by atoms with Gasteiger partial charge in [-0.1, -0.05) is 78.9 Å². The monoisotopic (exact) mass is 1180 g/mol. The van der Waals surface area contributed by atoms with Crippen molar-refractivity contribution in [2.24, 2.45) is 15.0 Å². The van der Waals surface area contributed by atoms with E-state index < -0.39 is 35.7 Å². The Morgan fingerprint density at radius 2 is 0.739 bits per heavy atom. The number of benzene rings is 4. The van der Waals surface area contributed by atoms with Crippen LogP contribution in [0.2, 0.25) is 0 Å². The number of aromatic nitrogens is 4. The van der Waals surface area contributed by atoms with E-state index in [4.69, 9.17) is 28.9 Å². The van der Waals surface area contributed by atoms with Crippen LogP contribution in [0.25, 0.3) is 96.2 Å². The second-order valence-corrected chi connectivity index (χ2v) is 19.9. The minimum atomic E-state index is -0.555. The Bertz CT molecular complexity index is 4050. The molecule has 2 aliphatic heterocycles. The highest BCUT2D eigenvalue weighted by molar-refractivity contribution is 6.07. The molecule has 1 amide bonds. The van der Waals surface area contributed by atoms with Crippen molar-refractivity contribution in [2.75, 3.05) is 26.4 Å². The van der Waals surface area contributed by atoms with Gasteiger partial charge in [-0.15, -0.1) is 5.69 Å². The molecule has 8 bridgehead atoms. The predicted octanol–water partition coefficient (Wildman–Crippen LogP) is 13.8. The van der Waals surface area contributed by atoms with Crippen LogP contribution in [-0.2, 0) is 42.9 Å². The standard InChI is InChI=1S/C68H66N8O12/c1-5-85-61(81)37-33-57(77)73-45-21-13-9-17-41(45)65-49-25-27-51(69-49)66(42-18-10-14-22-46(42)74-58(78)34-38-62(82)86-6-2)53-29-31-55(71-53)68(44-20-12-16-24-48(44)76-60(80)36-40-64(84)88-8-4)56-32-30-54(72-56)67(52-28-26-50(65)70-52)43-19-11-15-23-47(43)75-59(79)35-39-63(83)87-7-3/h9-32H,5-8,33-40H2,1-4H3,(H6,69,70,71,72,73,74,75,76,77,78,79,80)/p-2. The molecule has 0 unspecified atom stereocenters. The van der Waals surface area contributed by atoms with Gasteiger partial charge in [-0.05, 0) is 119 Å². The summed E-state index contributed by atoms with van der Waals surface area (Å²) in [7, 11) is 0. The number of H-pyrrole nitrogens is 2. The van der Waals surface area contributed by atoms with Gasteiger partial charge < -0.3 is 54.3 Å². The summed E-state index contributed by atoms with van der Waals surface area (Å²) in [5, 5.41) is 40.8. The number of carbonyl (C=O) groups is 5. The maximum Gasteiger partial charge on any atom is 0.306 e. The van der Waals surface area contributed by atoms with Crippen molar-refractivity contribution in [2.45, 2.75) is 79.1 Å². The Kier molecular flexibility index (Phi) is 20.6. The molecular weight excluding hydrogens is 1120 g/mol. The van der Waals surface area contributed by atoms with Crippen molar-refractivity contribution >= 4 is 117 Å². The number of aliphatic hydroxyl groups excluding tert-OH is 2. The van der Waals surface area contributed by atoms with E-state index in [0.29, 0.717) is 101 Å². The second kappa shape index (κ2) is 29.4. The van der Waals surface area contributed by atoms with Crippen LogP contribution in [0.4, 0.5) is 22.7 Å². The van der Waals surface area contributed by atoms with Crippen LogP contribution < -0.4 is 5.11 Å². The highest BCUT2D eigenvalue weighted by atomic mass is 16.5. The summed E-state index contributed by atoms with van der Waals surface area (Å²) in [6.45, 7) is 7.46. The number of ether oxygens (including phenoxy) is 4. The number of para-hydroxylation sites is 4. The lowest BCUT2D eigenvalue weighted by Gasteiger charge is -2.24. The second-order valence-electron chi connectivity index (χ2n) is 19.9. The first kappa shape index (κ1) is 61.8. The fourth-order valence-corrected chi connectivity index (χ4v) is 10.0. The molecule has 4 N–H and O–H groups in total. The molecule has 0 atom stereocenters. The first-order valence-corrected chi connectivity index (χ1v) is 28.9. The zero-order chi connectivity index (χ0) is 62.1. The normalized spacial score (nSPS) is 12.2. The quantitative estimate of drug-likeness (QED) is 0.0189. The molecule has 0 saturated carbocycles. The number of fused-ring (bicyclic) bond motifs is 8. The molecular formula is C68H64N8O12-2. The van der Waals surface area contributed by atoms with Crippen molar-refractivity contribution in [1.29, 1.82) is 0 Å². The molecule has 5 heterocycles. The van der Waals surface area contributed by atoms with Gasteiger partial charge in [0.15, 0.2) is 11.8 Å². The van der Waals surface area contributed by atoms with Gasteiger partial charge in [-0.3, -0.25) is 24.2 Å². The smallest absolute Gasteiger partial charge is 0.306 e. The van der Waals surface area contributed by atoms with E-state index in [0.717, 1.165) is 0 Å². The van der Waals surface area contributed by atoms with E-state index in [1.807, 2.05) is 97.1 Å². The zero-order valence-electron chi connectivity index (χ0n) is 49.0. The third-order valence-electron chi connectivity index (χ3n) is 13.8. The molecule has 9 rings (SSSR count). The van der Waals surface area contributed by atoms with Crippen molar-refractivity contribution in [3.8, 4) is 44.5 Å². The average molecular weight is 1190 g/mol. The van der Waals surface area contributed by atoms with Crippen LogP contribution in [0.5, 0.6) is 0 Å². The molecule has 4 aromatic carbocycles. The molecule has 0 spiro atoms. The van der Waals surface area contributed by atoms with Crippen LogP contribution in [0.15, 0.2) is 136 Å². The molecule has 0 saturated heterocycles. The van der Waals surface area contributed by atoms with E-state index in [2.05, 4.69) is 30.3 Å². The summed E-state index contributed by atoms with van der Waals surface area (Å²) in [5.74, 6) is -3.76. The molecule has 0 aliphatic carbocycles. The van der Waals surface area contributed by atoms with Gasteiger partial charge in [0, 0.05) is 80.3 Å². The molecule has 88 heavy (non-hydrogen) atoms. The third-order valence-corrected chi connectivity index (χ3v) is 13.8. The summed E-state index contributed by atoms with van der Waals surface area (Å²) in [6, 6.07) is 36.0. The Hall–Kier alpha value is -10.8. The number of aliphatic hydroxyl groups is 2. The van der Waals surface area contributed by atoms with E-state index >= 15 is 0 Å². The molecule has 450 valence electrons. The number of aromatic amines is 2. The number of hydrogen-bond acceptors (Lipinski definition) is 15. The van der Waals surface area contributed by atoms with Crippen LogP contribution in [0.3, 0.4) is 0 Å². The molecule has 20 heteroatoms. The maximum absolute atomic E-state index is 13.7. The number of amides is 1. The van der Waals surface area contributed by atoms with Gasteiger partial charge in [0.2, 0.25) is 0 Å². The van der Waals surface area contributed by atoms with Gasteiger partial charge in [0.05, 0.1) is 91.4 Å². The predicted molar refractivity (Wildman–Crippen MR) is 339 cm³/mol. The largest absolute Gasteiger partial charge is 0.862 e. The minimum absolute atomic E-state index is 0.0951. The molecule has 0 fully saturated rings. The third kappa shape index (κ3) is 15.2. The molecule has 7 aromatic rings. The topological polar surface area (TPSA) is 294 Å².